The van der Waals surface area contributed by atoms with Gasteiger partial charge in [0.15, 0.2) is 19.8 Å². The maximum atomic E-state index is 11.6. The van der Waals surface area contributed by atoms with E-state index in [1.807, 2.05) is 20.0 Å². The lowest BCUT2D eigenvalue weighted by Crippen LogP contribution is -2.68. The second-order valence-electron chi connectivity index (χ2n) is 8.55. The molecule has 0 aliphatic heterocycles. The molecule has 3 atom stereocenters. The fourth-order valence-corrected chi connectivity index (χ4v) is 19.7. The number of carbonyl (C=O) groups excluding carboxylic acids is 1. The van der Waals surface area contributed by atoms with Gasteiger partial charge >= 0.3 is 0 Å². The number of aldehydes is 1. The van der Waals surface area contributed by atoms with Gasteiger partial charge in [0.2, 0.25) is 8.32 Å². The van der Waals surface area contributed by atoms with Crippen molar-refractivity contribution in [2.45, 2.75) is 89.0 Å². The molecule has 0 aliphatic rings. The van der Waals surface area contributed by atoms with E-state index < -0.39 is 36.0 Å². The largest absolute Gasteiger partial charge is 0.453 e. The van der Waals surface area contributed by atoms with E-state index in [4.69, 9.17) is 4.12 Å². The highest BCUT2D eigenvalue weighted by molar-refractivity contribution is 6.98. The van der Waals surface area contributed by atoms with E-state index >= 15 is 0 Å². The second kappa shape index (κ2) is 7.40. The zero-order chi connectivity index (χ0) is 18.0. The second-order valence-corrected chi connectivity index (χ2v) is 23.4. The molecule has 0 heterocycles. The minimum absolute atomic E-state index is 0.403. The number of aliphatic hydroxyl groups is 2. The lowest BCUT2D eigenvalue weighted by molar-refractivity contribution is -0.127. The normalized spacial score (nSPS) is 19.4. The zero-order valence-corrected chi connectivity index (χ0v) is 18.9. The van der Waals surface area contributed by atoms with E-state index in [0.717, 1.165) is 0 Å². The van der Waals surface area contributed by atoms with Crippen molar-refractivity contribution in [3.05, 3.63) is 0 Å². The van der Waals surface area contributed by atoms with Crippen molar-refractivity contribution in [3.8, 4) is 0 Å². The van der Waals surface area contributed by atoms with Gasteiger partial charge in [0.1, 0.15) is 0 Å². The van der Waals surface area contributed by atoms with Crippen LogP contribution in [0, 0.1) is 0 Å². The van der Waals surface area contributed by atoms with Gasteiger partial charge < -0.3 is 19.1 Å². The Kier molecular flexibility index (Phi) is 7.46. The standard InChI is InChI=1S/C15H36O4Si3/c1-10-11-14(17)15(18,12-16)22(8,9)19-21(6,7)13(2)20(3,4)5/h12-14,17-18H,10-11H2,1-9H3. The van der Waals surface area contributed by atoms with Crippen LogP contribution in [0.2, 0.25) is 51.0 Å². The predicted molar refractivity (Wildman–Crippen MR) is 101 cm³/mol. The Balaban J connectivity index is 5.50. The number of hydrogen-bond acceptors (Lipinski definition) is 4. The van der Waals surface area contributed by atoms with Gasteiger partial charge in [0.25, 0.3) is 0 Å². The van der Waals surface area contributed by atoms with Crippen LogP contribution in [0.25, 0.3) is 0 Å². The third kappa shape index (κ3) is 4.85. The summed E-state index contributed by atoms with van der Waals surface area (Å²) < 4.78 is 6.51. The summed E-state index contributed by atoms with van der Waals surface area (Å²) in [5.41, 5.74) is 0. The first-order valence-corrected chi connectivity index (χ1v) is 17.7. The molecule has 0 radical (unpaired) electrons. The Morgan fingerprint density at radius 1 is 1.14 bits per heavy atom. The summed E-state index contributed by atoms with van der Waals surface area (Å²) >= 11 is 0. The van der Waals surface area contributed by atoms with Crippen molar-refractivity contribution in [1.29, 1.82) is 0 Å². The lowest BCUT2D eigenvalue weighted by atomic mass is 10.1. The molecule has 4 nitrogen and oxygen atoms in total. The van der Waals surface area contributed by atoms with Crippen LogP contribution in [-0.4, -0.2) is 52.5 Å². The van der Waals surface area contributed by atoms with Gasteiger partial charge in [0, 0.05) is 8.07 Å². The van der Waals surface area contributed by atoms with Crippen molar-refractivity contribution in [3.63, 3.8) is 0 Å². The van der Waals surface area contributed by atoms with Crippen LogP contribution in [0.3, 0.4) is 0 Å². The molecule has 2 N–H and O–H groups in total. The van der Waals surface area contributed by atoms with Crippen LogP contribution in [0.4, 0.5) is 0 Å². The summed E-state index contributed by atoms with van der Waals surface area (Å²) in [4.78, 5) is 11.6. The molecule has 3 unspecified atom stereocenters. The Morgan fingerprint density at radius 2 is 1.59 bits per heavy atom. The summed E-state index contributed by atoms with van der Waals surface area (Å²) in [6.07, 6.45) is 0.584. The van der Waals surface area contributed by atoms with E-state index in [0.29, 0.717) is 24.3 Å². The lowest BCUT2D eigenvalue weighted by Gasteiger charge is -2.47. The molecule has 7 heteroatoms. The minimum atomic E-state index is -2.81. The van der Waals surface area contributed by atoms with Gasteiger partial charge in [-0.25, -0.2) is 0 Å². The van der Waals surface area contributed by atoms with Gasteiger partial charge in [0.05, 0.1) is 6.10 Å². The van der Waals surface area contributed by atoms with E-state index in [-0.39, 0.29) is 0 Å². The number of hydrogen-bond donors (Lipinski definition) is 2. The van der Waals surface area contributed by atoms with Crippen molar-refractivity contribution in [2.24, 2.45) is 0 Å². The van der Waals surface area contributed by atoms with Crippen molar-refractivity contribution in [2.75, 3.05) is 0 Å². The van der Waals surface area contributed by atoms with Gasteiger partial charge in [-0.3, -0.25) is 0 Å². The number of carbonyl (C=O) groups is 1. The molecule has 0 aliphatic carbocycles. The SMILES string of the molecule is CCCC(O)C(O)(C=O)[Si](C)(C)O[Si](C)(C)C(C)[Si](C)(C)C. The molecule has 0 amide bonds. The topological polar surface area (TPSA) is 66.8 Å². The maximum absolute atomic E-state index is 11.6. The average Bonchev–Trinajstić information content (AvgIpc) is 2.34. The third-order valence-electron chi connectivity index (χ3n) is 5.07. The molecule has 0 saturated heterocycles. The van der Waals surface area contributed by atoms with Crippen LogP contribution in [0.1, 0.15) is 26.7 Å². The van der Waals surface area contributed by atoms with E-state index in [2.05, 4.69) is 39.7 Å². The molecule has 132 valence electrons. The molecule has 0 spiro atoms. The van der Waals surface area contributed by atoms with E-state index in [1.165, 1.54) is 0 Å². The van der Waals surface area contributed by atoms with E-state index in [1.54, 1.807) is 0 Å². The molecule has 0 saturated carbocycles. The molecule has 22 heavy (non-hydrogen) atoms. The maximum Gasteiger partial charge on any atom is 0.218 e. The van der Waals surface area contributed by atoms with Crippen LogP contribution in [0.5, 0.6) is 0 Å². The van der Waals surface area contributed by atoms with Crippen molar-refractivity contribution >= 4 is 31.0 Å². The number of aliphatic hydroxyl groups excluding tert-OH is 1. The highest BCUT2D eigenvalue weighted by Gasteiger charge is 2.55. The molecule has 0 aromatic heterocycles. The molecule has 0 aromatic carbocycles. The predicted octanol–water partition coefficient (Wildman–Crippen LogP) is 3.31. The minimum Gasteiger partial charge on any atom is -0.453 e. The fourth-order valence-electron chi connectivity index (χ4n) is 2.99. The molecule has 0 rings (SSSR count). The van der Waals surface area contributed by atoms with Gasteiger partial charge in [-0.1, -0.05) is 39.9 Å². The summed E-state index contributed by atoms with van der Waals surface area (Å²) in [6, 6.07) is 0. The zero-order valence-electron chi connectivity index (χ0n) is 15.9. The quantitative estimate of drug-likeness (QED) is 0.486. The summed E-state index contributed by atoms with van der Waals surface area (Å²) in [5.74, 6) is 0. The Morgan fingerprint density at radius 3 is 1.91 bits per heavy atom. The van der Waals surface area contributed by atoms with Gasteiger partial charge in [-0.05, 0) is 37.8 Å². The van der Waals surface area contributed by atoms with Gasteiger partial charge in [-0.15, -0.1) is 0 Å². The first kappa shape index (κ1) is 22.2. The van der Waals surface area contributed by atoms with Crippen LogP contribution in [0.15, 0.2) is 0 Å². The molecular weight excluding hydrogens is 328 g/mol. The highest BCUT2D eigenvalue weighted by Crippen LogP contribution is 2.37. The Bertz CT molecular complexity index is 379. The molecule has 0 aromatic rings. The summed E-state index contributed by atoms with van der Waals surface area (Å²) in [7, 11) is -6.27. The molecular formula is C15H36O4Si3. The number of rotatable bonds is 9. The highest BCUT2D eigenvalue weighted by atomic mass is 28.4. The van der Waals surface area contributed by atoms with Crippen molar-refractivity contribution < 1.29 is 19.1 Å². The first-order chi connectivity index (χ1) is 9.65. The van der Waals surface area contributed by atoms with Crippen LogP contribution < -0.4 is 0 Å². The van der Waals surface area contributed by atoms with Crippen LogP contribution in [-0.2, 0) is 8.91 Å². The molecule has 0 bridgehead atoms. The third-order valence-corrected chi connectivity index (χ3v) is 21.0. The average molecular weight is 365 g/mol. The summed E-state index contributed by atoms with van der Waals surface area (Å²) in [6.45, 7) is 19.2. The monoisotopic (exact) mass is 364 g/mol. The van der Waals surface area contributed by atoms with Gasteiger partial charge in [-0.2, -0.15) is 0 Å². The Labute approximate surface area is 139 Å². The first-order valence-electron chi connectivity index (χ1n) is 8.22. The Hall–Kier alpha value is 0.201. The molecule has 0 fully saturated rings. The summed E-state index contributed by atoms with van der Waals surface area (Å²) in [5, 5.41) is 19.9. The van der Waals surface area contributed by atoms with Crippen molar-refractivity contribution in [1.82, 2.24) is 0 Å². The van der Waals surface area contributed by atoms with E-state index in [9.17, 15) is 15.0 Å². The smallest absolute Gasteiger partial charge is 0.218 e. The van der Waals surface area contributed by atoms with Crippen LogP contribution >= 0.6 is 0 Å². The fraction of sp³-hybridized carbons (Fsp3) is 0.933.